The number of fused-ring (bicyclic) bond motifs is 2. The highest BCUT2D eigenvalue weighted by Crippen LogP contribution is 2.27. The number of piperazine rings is 1. The molecule has 0 radical (unpaired) electrons. The van der Waals surface area contributed by atoms with E-state index in [1.807, 2.05) is 30.3 Å². The summed E-state index contributed by atoms with van der Waals surface area (Å²) in [6, 6.07) is 16.6. The SMILES string of the molecule is O=C(c1nc2c(s1)CNC(Cc1ccccn1)C2)N1CCN(S(=O)(=O)c2ccc3cc(Cl)ccc3c2)CC1. The first-order valence-electron chi connectivity index (χ1n) is 12.5. The Kier molecular flexibility index (Phi) is 6.92. The van der Waals surface area contributed by atoms with Gasteiger partial charge in [-0.25, -0.2) is 13.4 Å². The van der Waals surface area contributed by atoms with Crippen molar-refractivity contribution in [1.82, 2.24) is 24.5 Å². The van der Waals surface area contributed by atoms with E-state index >= 15 is 0 Å². The molecule has 0 saturated carbocycles. The standard InChI is InChI=1S/C27H26ClN5O3S2/c28-20-6-4-19-14-23(7-5-18(19)13-20)38(35,36)33-11-9-32(10-12-33)27(34)26-31-24-16-22(30-17-25(24)37-26)15-21-3-1-2-8-29-21/h1-8,13-14,22,30H,9-12,15-17H2. The minimum atomic E-state index is -3.68. The summed E-state index contributed by atoms with van der Waals surface area (Å²) in [5.74, 6) is -0.134. The van der Waals surface area contributed by atoms with Crippen LogP contribution < -0.4 is 5.32 Å². The van der Waals surface area contributed by atoms with Crippen LogP contribution in [0.1, 0.15) is 26.1 Å². The lowest BCUT2D eigenvalue weighted by atomic mass is 10.0. The topological polar surface area (TPSA) is 95.5 Å². The zero-order valence-corrected chi connectivity index (χ0v) is 22.9. The van der Waals surface area contributed by atoms with Crippen LogP contribution in [0, 0.1) is 0 Å². The molecular formula is C27H26ClN5O3S2. The molecule has 6 rings (SSSR count). The van der Waals surface area contributed by atoms with Gasteiger partial charge in [-0.1, -0.05) is 29.8 Å². The van der Waals surface area contributed by atoms with Gasteiger partial charge in [-0.05, 0) is 47.2 Å². The van der Waals surface area contributed by atoms with Crippen molar-refractivity contribution in [2.45, 2.75) is 30.3 Å². The van der Waals surface area contributed by atoms with Gasteiger partial charge in [-0.15, -0.1) is 11.3 Å². The molecule has 1 amide bonds. The predicted molar refractivity (Wildman–Crippen MR) is 148 cm³/mol. The second-order valence-electron chi connectivity index (χ2n) is 9.55. The van der Waals surface area contributed by atoms with Crippen LogP contribution in [0.3, 0.4) is 0 Å². The van der Waals surface area contributed by atoms with Gasteiger partial charge in [0, 0.05) is 73.4 Å². The van der Waals surface area contributed by atoms with Crippen LogP contribution in [0.2, 0.25) is 5.02 Å². The molecule has 1 saturated heterocycles. The van der Waals surface area contributed by atoms with Crippen molar-refractivity contribution in [2.75, 3.05) is 26.2 Å². The third-order valence-corrected chi connectivity index (χ3v) is 10.3. The number of hydrogen-bond donors (Lipinski definition) is 1. The van der Waals surface area contributed by atoms with Crippen LogP contribution in [-0.2, 0) is 29.4 Å². The number of carbonyl (C=O) groups is 1. The molecule has 1 atom stereocenters. The summed E-state index contributed by atoms with van der Waals surface area (Å²) in [5.41, 5.74) is 2.00. The maximum absolute atomic E-state index is 13.3. The highest BCUT2D eigenvalue weighted by atomic mass is 35.5. The number of sulfonamides is 1. The van der Waals surface area contributed by atoms with E-state index in [0.29, 0.717) is 29.7 Å². The zero-order valence-electron chi connectivity index (χ0n) is 20.5. The van der Waals surface area contributed by atoms with Gasteiger partial charge in [0.2, 0.25) is 10.0 Å². The first-order chi connectivity index (χ1) is 18.4. The molecular weight excluding hydrogens is 542 g/mol. The van der Waals surface area contributed by atoms with Crippen LogP contribution in [0.25, 0.3) is 10.8 Å². The largest absolute Gasteiger partial charge is 0.334 e. The van der Waals surface area contributed by atoms with Crippen LogP contribution in [-0.4, -0.2) is 65.7 Å². The molecule has 0 aliphatic carbocycles. The summed E-state index contributed by atoms with van der Waals surface area (Å²) in [4.78, 5) is 25.4. The van der Waals surface area contributed by atoms with E-state index in [-0.39, 0.29) is 29.9 Å². The maximum atomic E-state index is 13.3. The Labute approximate surface area is 230 Å². The van der Waals surface area contributed by atoms with E-state index in [9.17, 15) is 13.2 Å². The van der Waals surface area contributed by atoms with Gasteiger partial charge in [0.25, 0.3) is 5.91 Å². The summed E-state index contributed by atoms with van der Waals surface area (Å²) in [5, 5.41) is 6.31. The quantitative estimate of drug-likeness (QED) is 0.395. The first-order valence-corrected chi connectivity index (χ1v) is 15.1. The molecule has 1 N–H and O–H groups in total. The molecule has 4 aromatic rings. The van der Waals surface area contributed by atoms with Crippen LogP contribution >= 0.6 is 22.9 Å². The van der Waals surface area contributed by atoms with Gasteiger partial charge in [-0.2, -0.15) is 4.31 Å². The average Bonchev–Trinajstić information content (AvgIpc) is 3.36. The van der Waals surface area contributed by atoms with Crippen molar-refractivity contribution in [3.05, 3.63) is 87.1 Å². The van der Waals surface area contributed by atoms with Gasteiger partial charge in [0.1, 0.15) is 0 Å². The van der Waals surface area contributed by atoms with Crippen LogP contribution in [0.5, 0.6) is 0 Å². The molecule has 0 bridgehead atoms. The summed E-state index contributed by atoms with van der Waals surface area (Å²) in [6.07, 6.45) is 3.36. The van der Waals surface area contributed by atoms with Crippen LogP contribution in [0.4, 0.5) is 0 Å². The highest BCUT2D eigenvalue weighted by Gasteiger charge is 2.32. The number of amides is 1. The third kappa shape index (κ3) is 5.06. The first kappa shape index (κ1) is 25.4. The number of aromatic nitrogens is 2. The maximum Gasteiger partial charge on any atom is 0.282 e. The van der Waals surface area contributed by atoms with Gasteiger partial charge >= 0.3 is 0 Å². The number of nitrogens with zero attached hydrogens (tertiary/aromatic N) is 4. The Morgan fingerprint density at radius 1 is 1.05 bits per heavy atom. The monoisotopic (exact) mass is 567 g/mol. The predicted octanol–water partition coefficient (Wildman–Crippen LogP) is 3.75. The molecule has 2 aliphatic heterocycles. The van der Waals surface area contributed by atoms with E-state index in [0.717, 1.165) is 39.9 Å². The fourth-order valence-electron chi connectivity index (χ4n) is 5.00. The molecule has 8 nitrogen and oxygen atoms in total. The fraction of sp³-hybridized carbons (Fsp3) is 0.296. The van der Waals surface area contributed by atoms with Gasteiger partial charge in [0.15, 0.2) is 5.01 Å². The average molecular weight is 568 g/mol. The number of halogens is 1. The molecule has 1 fully saturated rings. The molecule has 2 aliphatic rings. The fourth-order valence-corrected chi connectivity index (χ4v) is 7.65. The molecule has 38 heavy (non-hydrogen) atoms. The van der Waals surface area contributed by atoms with Gasteiger partial charge in [0.05, 0.1) is 10.6 Å². The van der Waals surface area contributed by atoms with Gasteiger partial charge < -0.3 is 10.2 Å². The number of pyridine rings is 1. The summed E-state index contributed by atoms with van der Waals surface area (Å²) < 4.78 is 28.1. The molecule has 4 heterocycles. The Morgan fingerprint density at radius 2 is 1.84 bits per heavy atom. The number of hydrogen-bond acceptors (Lipinski definition) is 7. The summed E-state index contributed by atoms with van der Waals surface area (Å²) in [7, 11) is -3.68. The molecule has 196 valence electrons. The van der Waals surface area contributed by atoms with Crippen LogP contribution in [0.15, 0.2) is 65.7 Å². The number of rotatable bonds is 5. The van der Waals surface area contributed by atoms with E-state index in [1.165, 1.54) is 15.6 Å². The molecule has 2 aromatic carbocycles. The Bertz CT molecular complexity index is 1600. The van der Waals surface area contributed by atoms with Crippen molar-refractivity contribution < 1.29 is 13.2 Å². The third-order valence-electron chi connectivity index (χ3n) is 7.07. The number of thiazole rings is 1. The minimum Gasteiger partial charge on any atom is -0.334 e. The van der Waals surface area contributed by atoms with Crippen molar-refractivity contribution in [1.29, 1.82) is 0 Å². The molecule has 0 spiro atoms. The van der Waals surface area contributed by atoms with Crippen molar-refractivity contribution in [2.24, 2.45) is 0 Å². The molecule has 1 unspecified atom stereocenters. The van der Waals surface area contributed by atoms with E-state index in [2.05, 4.69) is 10.3 Å². The zero-order chi connectivity index (χ0) is 26.3. The van der Waals surface area contributed by atoms with E-state index in [1.54, 1.807) is 35.4 Å². The van der Waals surface area contributed by atoms with E-state index < -0.39 is 10.0 Å². The second-order valence-corrected chi connectivity index (χ2v) is 13.0. The number of benzene rings is 2. The normalized spacial score (nSPS) is 18.4. The Morgan fingerprint density at radius 3 is 2.63 bits per heavy atom. The number of carbonyl (C=O) groups excluding carboxylic acids is 1. The number of nitrogens with one attached hydrogen (secondary N) is 1. The highest BCUT2D eigenvalue weighted by molar-refractivity contribution is 7.89. The lowest BCUT2D eigenvalue weighted by Gasteiger charge is -2.33. The van der Waals surface area contributed by atoms with Crippen molar-refractivity contribution in [3.63, 3.8) is 0 Å². The van der Waals surface area contributed by atoms with Crippen molar-refractivity contribution in [3.8, 4) is 0 Å². The second kappa shape index (κ2) is 10.3. The van der Waals surface area contributed by atoms with Crippen molar-refractivity contribution >= 4 is 49.6 Å². The molecule has 2 aromatic heterocycles. The Balaban J connectivity index is 1.10. The Hall–Kier alpha value is -2.89. The summed E-state index contributed by atoms with van der Waals surface area (Å²) >= 11 is 7.48. The minimum absolute atomic E-state index is 0.134. The lowest BCUT2D eigenvalue weighted by Crippen LogP contribution is -2.50. The van der Waals surface area contributed by atoms with E-state index in [4.69, 9.17) is 16.6 Å². The lowest BCUT2D eigenvalue weighted by molar-refractivity contribution is 0.0697. The van der Waals surface area contributed by atoms with Gasteiger partial charge in [-0.3, -0.25) is 9.78 Å². The smallest absolute Gasteiger partial charge is 0.282 e. The summed E-state index contributed by atoms with van der Waals surface area (Å²) in [6.45, 7) is 1.82. The molecule has 11 heteroatoms.